The first-order chi connectivity index (χ1) is 15.3. The molecule has 0 spiro atoms. The van der Waals surface area contributed by atoms with Crippen LogP contribution in [0.25, 0.3) is 5.65 Å². The van der Waals surface area contributed by atoms with Gasteiger partial charge in [-0.15, -0.1) is 0 Å². The normalized spacial score (nSPS) is 21.0. The lowest BCUT2D eigenvalue weighted by Gasteiger charge is -2.38. The number of hydrogen-bond acceptors (Lipinski definition) is 5. The third-order valence-electron chi connectivity index (χ3n) is 5.75. The van der Waals surface area contributed by atoms with Gasteiger partial charge in [0.05, 0.1) is 18.4 Å². The highest BCUT2D eigenvalue weighted by Crippen LogP contribution is 2.35. The molecule has 1 aliphatic heterocycles. The van der Waals surface area contributed by atoms with Crippen LogP contribution >= 0.6 is 0 Å². The molecule has 1 aliphatic rings. The van der Waals surface area contributed by atoms with Gasteiger partial charge in [0.2, 0.25) is 5.91 Å². The Hall–Kier alpha value is -3.26. The summed E-state index contributed by atoms with van der Waals surface area (Å²) in [5, 5.41) is 10.2. The molecule has 0 saturated carbocycles. The summed E-state index contributed by atoms with van der Waals surface area (Å²) in [4.78, 5) is 28.8. The fourth-order valence-electron chi connectivity index (χ4n) is 4.15. The molecule has 0 unspecified atom stereocenters. The number of nitrogens with one attached hydrogen (secondary N) is 2. The first-order valence-electron chi connectivity index (χ1n) is 10.9. The smallest absolute Gasteiger partial charge is 0.261 e. The quantitative estimate of drug-likeness (QED) is 0.637. The molecular formula is C24H29N5O3. The van der Waals surface area contributed by atoms with Crippen LogP contribution in [0.4, 0.5) is 5.69 Å². The zero-order valence-electron chi connectivity index (χ0n) is 18.8. The van der Waals surface area contributed by atoms with E-state index in [1.807, 2.05) is 37.4 Å². The number of aryl methyl sites for hydroxylation is 1. The number of rotatable bonds is 5. The number of amides is 2. The third-order valence-corrected chi connectivity index (χ3v) is 5.75. The minimum Gasteiger partial charge on any atom is -0.370 e. The van der Waals surface area contributed by atoms with Crippen LogP contribution in [0.15, 0.2) is 42.9 Å². The van der Waals surface area contributed by atoms with Crippen molar-refractivity contribution in [3.63, 3.8) is 0 Å². The van der Waals surface area contributed by atoms with Crippen molar-refractivity contribution in [2.24, 2.45) is 5.92 Å². The van der Waals surface area contributed by atoms with Crippen LogP contribution in [0.2, 0.25) is 0 Å². The monoisotopic (exact) mass is 435 g/mol. The minimum absolute atomic E-state index is 0.0311. The summed E-state index contributed by atoms with van der Waals surface area (Å²) in [5.74, 6) is 0.0364. The molecular weight excluding hydrogens is 406 g/mol. The summed E-state index contributed by atoms with van der Waals surface area (Å²) in [6, 6.07) is 7.73. The van der Waals surface area contributed by atoms with E-state index in [2.05, 4.69) is 34.6 Å². The molecule has 1 fully saturated rings. The van der Waals surface area contributed by atoms with Gasteiger partial charge in [-0.25, -0.2) is 9.50 Å². The molecule has 8 heteroatoms. The van der Waals surface area contributed by atoms with Crippen molar-refractivity contribution in [2.45, 2.75) is 58.8 Å². The molecule has 1 saturated heterocycles. The molecule has 0 bridgehead atoms. The highest BCUT2D eigenvalue weighted by atomic mass is 16.5. The predicted molar refractivity (Wildman–Crippen MR) is 121 cm³/mol. The van der Waals surface area contributed by atoms with Crippen molar-refractivity contribution in [1.82, 2.24) is 19.9 Å². The average molecular weight is 436 g/mol. The standard InChI is InChI=1S/C24H29N5O3/c1-14(2)21-9-19(27-16(4)30)10-22(32-21)17-6-5-7-18(8-17)28-24(31)20-12-26-29-13-15(3)11-25-23(20)29/h5-8,11-14,19,21-22H,9-10H2,1-4H3,(H,27,30)(H,28,31)/t19-,21-,22+/m1/s1. The van der Waals surface area contributed by atoms with Crippen LogP contribution in [0.3, 0.4) is 0 Å². The Morgan fingerprint density at radius 1 is 1.22 bits per heavy atom. The van der Waals surface area contributed by atoms with Crippen molar-refractivity contribution in [1.29, 1.82) is 0 Å². The second-order valence-corrected chi connectivity index (χ2v) is 8.81. The number of hydrogen-bond donors (Lipinski definition) is 2. The van der Waals surface area contributed by atoms with Crippen LogP contribution in [0.1, 0.15) is 61.2 Å². The lowest BCUT2D eigenvalue weighted by Crippen LogP contribution is -2.43. The van der Waals surface area contributed by atoms with Crippen molar-refractivity contribution in [3.05, 3.63) is 59.5 Å². The van der Waals surface area contributed by atoms with E-state index >= 15 is 0 Å². The van der Waals surface area contributed by atoms with Gasteiger partial charge >= 0.3 is 0 Å². The Bertz CT molecular complexity index is 1140. The van der Waals surface area contributed by atoms with Gasteiger partial charge < -0.3 is 15.4 Å². The van der Waals surface area contributed by atoms with E-state index in [0.717, 1.165) is 17.5 Å². The number of fused-ring (bicyclic) bond motifs is 1. The molecule has 2 aromatic heterocycles. The maximum atomic E-state index is 12.9. The van der Waals surface area contributed by atoms with Crippen LogP contribution in [0.5, 0.6) is 0 Å². The topological polar surface area (TPSA) is 97.6 Å². The first-order valence-corrected chi connectivity index (χ1v) is 10.9. The first kappa shape index (κ1) is 22.0. The van der Waals surface area contributed by atoms with E-state index in [-0.39, 0.29) is 30.1 Å². The number of aromatic nitrogens is 3. The fourth-order valence-corrected chi connectivity index (χ4v) is 4.15. The number of benzene rings is 1. The van der Waals surface area contributed by atoms with Crippen molar-refractivity contribution >= 4 is 23.1 Å². The third kappa shape index (κ3) is 4.80. The summed E-state index contributed by atoms with van der Waals surface area (Å²) < 4.78 is 7.96. The van der Waals surface area contributed by atoms with Gasteiger partial charge in [-0.3, -0.25) is 9.59 Å². The summed E-state index contributed by atoms with van der Waals surface area (Å²) in [6.07, 6.45) is 6.45. The highest BCUT2D eigenvalue weighted by Gasteiger charge is 2.32. The summed E-state index contributed by atoms with van der Waals surface area (Å²) in [6.45, 7) is 7.72. The molecule has 8 nitrogen and oxygen atoms in total. The van der Waals surface area contributed by atoms with Gasteiger partial charge in [0, 0.05) is 31.0 Å². The van der Waals surface area contributed by atoms with Crippen molar-refractivity contribution < 1.29 is 14.3 Å². The Labute approximate surface area is 187 Å². The Balaban J connectivity index is 1.53. The Morgan fingerprint density at radius 2 is 2.03 bits per heavy atom. The fraction of sp³-hybridized carbons (Fsp3) is 0.417. The van der Waals surface area contributed by atoms with Gasteiger partial charge in [-0.1, -0.05) is 26.0 Å². The van der Waals surface area contributed by atoms with Crippen LogP contribution < -0.4 is 10.6 Å². The van der Waals surface area contributed by atoms with E-state index in [0.29, 0.717) is 29.2 Å². The molecule has 1 aromatic carbocycles. The van der Waals surface area contributed by atoms with Gasteiger partial charge in [0.15, 0.2) is 5.65 Å². The Morgan fingerprint density at radius 3 is 2.78 bits per heavy atom. The van der Waals surface area contributed by atoms with Crippen molar-refractivity contribution in [2.75, 3.05) is 5.32 Å². The predicted octanol–water partition coefficient (Wildman–Crippen LogP) is 3.67. The number of carbonyl (C=O) groups is 2. The molecule has 4 rings (SSSR count). The summed E-state index contributed by atoms with van der Waals surface area (Å²) in [7, 11) is 0. The molecule has 2 N–H and O–H groups in total. The lowest BCUT2D eigenvalue weighted by molar-refractivity contribution is -0.123. The number of nitrogens with zero attached hydrogens (tertiary/aromatic N) is 3. The van der Waals surface area contributed by atoms with Crippen LogP contribution in [-0.4, -0.2) is 38.6 Å². The van der Waals surface area contributed by atoms with Crippen LogP contribution in [0, 0.1) is 12.8 Å². The average Bonchev–Trinajstić information content (AvgIpc) is 3.16. The highest BCUT2D eigenvalue weighted by molar-refractivity contribution is 6.08. The van der Waals surface area contributed by atoms with E-state index in [4.69, 9.17) is 4.74 Å². The Kier molecular flexibility index (Phi) is 6.23. The van der Waals surface area contributed by atoms with Gasteiger partial charge in [-0.05, 0) is 48.9 Å². The van der Waals surface area contributed by atoms with E-state index in [1.165, 1.54) is 6.20 Å². The number of carbonyl (C=O) groups excluding carboxylic acids is 2. The molecule has 0 radical (unpaired) electrons. The maximum absolute atomic E-state index is 12.9. The van der Waals surface area contributed by atoms with Crippen molar-refractivity contribution in [3.8, 4) is 0 Å². The molecule has 32 heavy (non-hydrogen) atoms. The zero-order chi connectivity index (χ0) is 22.8. The largest absolute Gasteiger partial charge is 0.370 e. The van der Waals surface area contributed by atoms with Gasteiger partial charge in [0.25, 0.3) is 5.91 Å². The van der Waals surface area contributed by atoms with E-state index < -0.39 is 0 Å². The SMILES string of the molecule is CC(=O)N[C@H]1C[C@@H](c2cccc(NC(=O)c3cnn4cc(C)cnc34)c2)O[C@@H](C(C)C)C1. The minimum atomic E-state index is -0.269. The molecule has 3 aromatic rings. The van der Waals surface area contributed by atoms with Gasteiger partial charge in [0.1, 0.15) is 5.56 Å². The summed E-state index contributed by atoms with van der Waals surface area (Å²) in [5.41, 5.74) is 3.53. The van der Waals surface area contributed by atoms with E-state index in [9.17, 15) is 9.59 Å². The molecule has 2 amide bonds. The van der Waals surface area contributed by atoms with Crippen LogP contribution in [-0.2, 0) is 9.53 Å². The number of ether oxygens (including phenoxy) is 1. The molecule has 0 aliphatic carbocycles. The lowest BCUT2D eigenvalue weighted by atomic mass is 9.89. The summed E-state index contributed by atoms with van der Waals surface area (Å²) >= 11 is 0. The zero-order valence-corrected chi connectivity index (χ0v) is 18.8. The molecule has 3 atom stereocenters. The van der Waals surface area contributed by atoms with E-state index in [1.54, 1.807) is 17.6 Å². The van der Waals surface area contributed by atoms with Gasteiger partial charge in [-0.2, -0.15) is 5.10 Å². The second kappa shape index (κ2) is 9.08. The molecule has 3 heterocycles. The number of anilines is 1. The maximum Gasteiger partial charge on any atom is 0.261 e. The molecule has 168 valence electrons. The second-order valence-electron chi connectivity index (χ2n) is 8.81.